The molecular weight excluding hydrogens is 410 g/mol. The van der Waals surface area contributed by atoms with Crippen LogP contribution in [0.3, 0.4) is 0 Å². The van der Waals surface area contributed by atoms with Crippen molar-refractivity contribution in [2.45, 2.75) is 51.5 Å². The van der Waals surface area contributed by atoms with Gasteiger partial charge in [-0.2, -0.15) is 0 Å². The van der Waals surface area contributed by atoms with Gasteiger partial charge in [0, 0.05) is 22.9 Å². The number of amides is 2. The van der Waals surface area contributed by atoms with Crippen LogP contribution in [0.1, 0.15) is 66.2 Å². The molecular formula is C24H29N3O3S. The van der Waals surface area contributed by atoms with E-state index < -0.39 is 0 Å². The van der Waals surface area contributed by atoms with Crippen molar-refractivity contribution in [3.63, 3.8) is 0 Å². The molecule has 1 saturated carbocycles. The number of anilines is 1. The molecule has 1 aliphatic carbocycles. The minimum absolute atomic E-state index is 0.0885. The summed E-state index contributed by atoms with van der Waals surface area (Å²) in [4.78, 5) is 25.1. The van der Waals surface area contributed by atoms with Crippen molar-refractivity contribution in [3.8, 4) is 5.75 Å². The van der Waals surface area contributed by atoms with Crippen molar-refractivity contribution in [2.75, 3.05) is 11.9 Å². The molecule has 7 heteroatoms. The van der Waals surface area contributed by atoms with E-state index in [4.69, 9.17) is 17.0 Å². The first-order valence-corrected chi connectivity index (χ1v) is 11.2. The third kappa shape index (κ3) is 7.07. The first kappa shape index (κ1) is 22.7. The Hall–Kier alpha value is -2.93. The number of carbonyl (C=O) groups is 2. The summed E-state index contributed by atoms with van der Waals surface area (Å²) in [5.41, 5.74) is 1.66. The number of nitrogens with one attached hydrogen (secondary N) is 3. The number of benzene rings is 2. The van der Waals surface area contributed by atoms with Gasteiger partial charge in [-0.25, -0.2) is 0 Å². The Morgan fingerprint density at radius 2 is 1.71 bits per heavy atom. The molecule has 31 heavy (non-hydrogen) atoms. The van der Waals surface area contributed by atoms with Gasteiger partial charge in [0.1, 0.15) is 5.75 Å². The van der Waals surface area contributed by atoms with E-state index >= 15 is 0 Å². The number of hydrogen-bond donors (Lipinski definition) is 3. The van der Waals surface area contributed by atoms with Crippen molar-refractivity contribution in [1.29, 1.82) is 0 Å². The fourth-order valence-corrected chi connectivity index (χ4v) is 3.75. The van der Waals surface area contributed by atoms with Crippen LogP contribution in [0.2, 0.25) is 0 Å². The fraction of sp³-hybridized carbons (Fsp3) is 0.375. The highest BCUT2D eigenvalue weighted by Gasteiger charge is 2.17. The standard InChI is InChI=1S/C24H29N3O3S/c1-2-14-30-21-13-7-9-18(16-21)23(29)27-24(31)26-20-12-6-8-17(15-20)22(28)25-19-10-4-3-5-11-19/h6-9,12-13,15-16,19H,2-5,10-11,14H2,1H3,(H,25,28)(H2,26,27,29,31). The molecule has 3 rings (SSSR count). The van der Waals surface area contributed by atoms with E-state index in [9.17, 15) is 9.59 Å². The Balaban J connectivity index is 1.56. The molecule has 0 radical (unpaired) electrons. The minimum Gasteiger partial charge on any atom is -0.494 e. The maximum absolute atomic E-state index is 12.6. The number of carbonyl (C=O) groups excluding carboxylic acids is 2. The van der Waals surface area contributed by atoms with E-state index in [2.05, 4.69) is 16.0 Å². The predicted molar refractivity (Wildman–Crippen MR) is 127 cm³/mol. The average Bonchev–Trinajstić information content (AvgIpc) is 2.78. The molecule has 0 atom stereocenters. The normalized spacial score (nSPS) is 13.8. The van der Waals surface area contributed by atoms with E-state index in [0.717, 1.165) is 32.1 Å². The number of rotatable bonds is 7. The monoisotopic (exact) mass is 439 g/mol. The van der Waals surface area contributed by atoms with Crippen molar-refractivity contribution in [2.24, 2.45) is 0 Å². The lowest BCUT2D eigenvalue weighted by atomic mass is 9.95. The molecule has 2 aromatic carbocycles. The Bertz CT molecular complexity index is 926. The number of hydrogen-bond acceptors (Lipinski definition) is 4. The Morgan fingerprint density at radius 3 is 2.45 bits per heavy atom. The smallest absolute Gasteiger partial charge is 0.257 e. The molecule has 1 aliphatic rings. The molecule has 1 fully saturated rings. The van der Waals surface area contributed by atoms with Gasteiger partial charge in [0.2, 0.25) is 0 Å². The Kier molecular flexibility index (Phi) is 8.41. The van der Waals surface area contributed by atoms with Gasteiger partial charge in [0.05, 0.1) is 6.61 Å². The van der Waals surface area contributed by atoms with Gasteiger partial charge in [-0.1, -0.05) is 38.3 Å². The van der Waals surface area contributed by atoms with E-state index in [1.165, 1.54) is 6.42 Å². The van der Waals surface area contributed by atoms with E-state index in [1.807, 2.05) is 13.0 Å². The summed E-state index contributed by atoms with van der Waals surface area (Å²) in [5.74, 6) is 0.227. The van der Waals surface area contributed by atoms with Crippen LogP contribution in [-0.4, -0.2) is 29.6 Å². The van der Waals surface area contributed by atoms with Gasteiger partial charge in [-0.15, -0.1) is 0 Å². The van der Waals surface area contributed by atoms with Crippen molar-refractivity contribution in [3.05, 3.63) is 59.7 Å². The maximum atomic E-state index is 12.6. The zero-order chi connectivity index (χ0) is 22.1. The summed E-state index contributed by atoms with van der Waals surface area (Å²) in [7, 11) is 0. The molecule has 6 nitrogen and oxygen atoms in total. The summed E-state index contributed by atoms with van der Waals surface area (Å²) in [6, 6.07) is 14.3. The Labute approximate surface area is 188 Å². The lowest BCUT2D eigenvalue weighted by Crippen LogP contribution is -2.36. The third-order valence-electron chi connectivity index (χ3n) is 5.12. The molecule has 0 aliphatic heterocycles. The highest BCUT2D eigenvalue weighted by Crippen LogP contribution is 2.19. The van der Waals surface area contributed by atoms with Gasteiger partial charge < -0.3 is 15.4 Å². The van der Waals surface area contributed by atoms with E-state index in [1.54, 1.807) is 42.5 Å². The van der Waals surface area contributed by atoms with Crippen molar-refractivity contribution < 1.29 is 14.3 Å². The van der Waals surface area contributed by atoms with Crippen LogP contribution in [-0.2, 0) is 0 Å². The summed E-state index contributed by atoms with van der Waals surface area (Å²) < 4.78 is 5.57. The zero-order valence-corrected chi connectivity index (χ0v) is 18.6. The van der Waals surface area contributed by atoms with Gasteiger partial charge in [-0.05, 0) is 67.9 Å². The molecule has 164 valence electrons. The van der Waals surface area contributed by atoms with Crippen molar-refractivity contribution >= 4 is 34.8 Å². The summed E-state index contributed by atoms with van der Waals surface area (Å²) in [6.07, 6.45) is 6.52. The van der Waals surface area contributed by atoms with Crippen LogP contribution in [0.15, 0.2) is 48.5 Å². The summed E-state index contributed by atoms with van der Waals surface area (Å²) in [6.45, 7) is 2.62. The SMILES string of the molecule is CCCOc1cccc(C(=O)NC(=S)Nc2cccc(C(=O)NC3CCCCC3)c2)c1. The highest BCUT2D eigenvalue weighted by atomic mass is 32.1. The molecule has 0 unspecified atom stereocenters. The molecule has 0 saturated heterocycles. The summed E-state index contributed by atoms with van der Waals surface area (Å²) >= 11 is 5.28. The first-order valence-electron chi connectivity index (χ1n) is 10.8. The van der Waals surface area contributed by atoms with Crippen LogP contribution in [0.25, 0.3) is 0 Å². The molecule has 2 aromatic rings. The molecule has 2 amide bonds. The van der Waals surface area contributed by atoms with Gasteiger partial charge in [0.15, 0.2) is 5.11 Å². The van der Waals surface area contributed by atoms with Gasteiger partial charge in [-0.3, -0.25) is 14.9 Å². The van der Waals surface area contributed by atoms with Crippen LogP contribution < -0.4 is 20.7 Å². The van der Waals surface area contributed by atoms with Crippen LogP contribution in [0.5, 0.6) is 5.75 Å². The lowest BCUT2D eigenvalue weighted by Gasteiger charge is -2.22. The van der Waals surface area contributed by atoms with Gasteiger partial charge >= 0.3 is 0 Å². The van der Waals surface area contributed by atoms with Crippen molar-refractivity contribution in [1.82, 2.24) is 10.6 Å². The second-order valence-electron chi connectivity index (χ2n) is 7.67. The van der Waals surface area contributed by atoms with E-state index in [-0.39, 0.29) is 23.0 Å². The second-order valence-corrected chi connectivity index (χ2v) is 8.08. The molecule has 0 spiro atoms. The van der Waals surface area contributed by atoms with Crippen LogP contribution in [0, 0.1) is 0 Å². The quantitative estimate of drug-likeness (QED) is 0.547. The first-order chi connectivity index (χ1) is 15.0. The topological polar surface area (TPSA) is 79.5 Å². The van der Waals surface area contributed by atoms with Crippen LogP contribution in [0.4, 0.5) is 5.69 Å². The fourth-order valence-electron chi connectivity index (χ4n) is 3.54. The summed E-state index contributed by atoms with van der Waals surface area (Å²) in [5, 5.41) is 8.92. The average molecular weight is 440 g/mol. The molecule has 0 bridgehead atoms. The maximum Gasteiger partial charge on any atom is 0.257 e. The second kappa shape index (κ2) is 11.5. The molecule has 0 aromatic heterocycles. The highest BCUT2D eigenvalue weighted by molar-refractivity contribution is 7.80. The third-order valence-corrected chi connectivity index (χ3v) is 5.32. The predicted octanol–water partition coefficient (Wildman–Crippen LogP) is 4.66. The lowest BCUT2D eigenvalue weighted by molar-refractivity contribution is 0.0926. The minimum atomic E-state index is -0.328. The molecule has 3 N–H and O–H groups in total. The molecule has 0 heterocycles. The number of thiocarbonyl (C=S) groups is 1. The van der Waals surface area contributed by atoms with Gasteiger partial charge in [0.25, 0.3) is 11.8 Å². The largest absolute Gasteiger partial charge is 0.494 e. The Morgan fingerprint density at radius 1 is 1.00 bits per heavy atom. The van der Waals surface area contributed by atoms with E-state index in [0.29, 0.717) is 29.2 Å². The number of ether oxygens (including phenoxy) is 1. The van der Waals surface area contributed by atoms with Crippen LogP contribution >= 0.6 is 12.2 Å². The zero-order valence-electron chi connectivity index (χ0n) is 17.8.